The van der Waals surface area contributed by atoms with E-state index in [0.29, 0.717) is 27.5 Å². The van der Waals surface area contributed by atoms with Gasteiger partial charge in [-0.05, 0) is 37.4 Å². The molecule has 3 N–H and O–H groups in total. The Kier molecular flexibility index (Phi) is 10.2. The minimum absolute atomic E-state index is 0.0779. The number of carboxylic acids is 1. The quantitative estimate of drug-likeness (QED) is 0.0761. The third-order valence-corrected chi connectivity index (χ3v) is 9.35. The molecular formula is C29H30FO10PS2. The SMILES string of the molecule is COc1cc2sc(C(=O)CP(O)O)cc2cc1OCCCOc1c(OC)cc2sc(C(=O)CC(C)(C)C(=O)O)cc2c1F. The molecule has 230 valence electrons. The van der Waals surface area contributed by atoms with Crippen LogP contribution in [0.2, 0.25) is 0 Å². The van der Waals surface area contributed by atoms with Gasteiger partial charge in [-0.25, -0.2) is 4.39 Å². The molecule has 0 saturated heterocycles. The summed E-state index contributed by atoms with van der Waals surface area (Å²) in [6.07, 6.45) is -0.198. The van der Waals surface area contributed by atoms with Crippen molar-refractivity contribution in [1.29, 1.82) is 0 Å². The van der Waals surface area contributed by atoms with Gasteiger partial charge in [0.25, 0.3) is 0 Å². The van der Waals surface area contributed by atoms with Gasteiger partial charge >= 0.3 is 5.97 Å². The first-order chi connectivity index (χ1) is 20.3. The minimum Gasteiger partial charge on any atom is -0.493 e. The van der Waals surface area contributed by atoms with Gasteiger partial charge in [-0.3, -0.25) is 14.4 Å². The predicted molar refractivity (Wildman–Crippen MR) is 163 cm³/mol. The number of carbonyl (C=O) groups excluding carboxylic acids is 2. The fourth-order valence-corrected chi connectivity index (χ4v) is 6.73. The highest BCUT2D eigenvalue weighted by molar-refractivity contribution is 7.46. The van der Waals surface area contributed by atoms with Crippen LogP contribution < -0.4 is 18.9 Å². The van der Waals surface area contributed by atoms with Gasteiger partial charge in [0.1, 0.15) is 0 Å². The number of thiophene rings is 2. The van der Waals surface area contributed by atoms with Crippen LogP contribution in [-0.2, 0) is 4.79 Å². The Bertz CT molecular complexity index is 1680. The summed E-state index contributed by atoms with van der Waals surface area (Å²) >= 11 is 2.28. The van der Waals surface area contributed by atoms with Crippen LogP contribution in [0.25, 0.3) is 20.2 Å². The zero-order chi connectivity index (χ0) is 31.5. The largest absolute Gasteiger partial charge is 0.493 e. The molecule has 2 heterocycles. The lowest BCUT2D eigenvalue weighted by molar-refractivity contribution is -0.146. The normalized spacial score (nSPS) is 11.7. The molecule has 0 amide bonds. The van der Waals surface area contributed by atoms with E-state index in [9.17, 15) is 19.5 Å². The second-order valence-electron chi connectivity index (χ2n) is 10.2. The van der Waals surface area contributed by atoms with Crippen LogP contribution in [0.1, 0.15) is 46.0 Å². The average molecular weight is 653 g/mol. The Balaban J connectivity index is 1.42. The summed E-state index contributed by atoms with van der Waals surface area (Å²) in [5.41, 5.74) is -1.26. The van der Waals surface area contributed by atoms with Gasteiger partial charge in [0.05, 0.1) is 48.8 Å². The fourth-order valence-electron chi connectivity index (χ4n) is 4.17. The molecule has 10 nitrogen and oxygen atoms in total. The molecule has 0 saturated carbocycles. The number of hydrogen-bond acceptors (Lipinski definition) is 11. The Labute approximate surface area is 255 Å². The molecule has 4 aromatic rings. The summed E-state index contributed by atoms with van der Waals surface area (Å²) in [5, 5.41) is 10.3. The van der Waals surface area contributed by atoms with Gasteiger partial charge in [0.2, 0.25) is 0 Å². The third kappa shape index (κ3) is 7.42. The van der Waals surface area contributed by atoms with Crippen molar-refractivity contribution in [3.05, 3.63) is 45.9 Å². The minimum atomic E-state index is -2.33. The number of methoxy groups -OCH3 is 2. The lowest BCUT2D eigenvalue weighted by Crippen LogP contribution is -2.26. The van der Waals surface area contributed by atoms with Crippen molar-refractivity contribution in [3.8, 4) is 23.0 Å². The van der Waals surface area contributed by atoms with Crippen molar-refractivity contribution in [2.24, 2.45) is 5.41 Å². The molecular weight excluding hydrogens is 622 g/mol. The van der Waals surface area contributed by atoms with Crippen molar-refractivity contribution >= 4 is 68.8 Å². The van der Waals surface area contributed by atoms with Crippen LogP contribution in [0.4, 0.5) is 4.39 Å². The number of rotatable bonds is 15. The first-order valence-electron chi connectivity index (χ1n) is 13.0. The second-order valence-corrected chi connectivity index (χ2v) is 13.4. The van der Waals surface area contributed by atoms with Crippen LogP contribution in [-0.4, -0.2) is 66.0 Å². The first-order valence-corrected chi connectivity index (χ1v) is 16.0. The summed E-state index contributed by atoms with van der Waals surface area (Å²) < 4.78 is 39.1. The molecule has 0 aliphatic carbocycles. The second kappa shape index (κ2) is 13.5. The maximum absolute atomic E-state index is 15.5. The van der Waals surface area contributed by atoms with Crippen LogP contribution in [0.5, 0.6) is 23.0 Å². The van der Waals surface area contributed by atoms with Crippen molar-refractivity contribution in [2.75, 3.05) is 33.6 Å². The molecule has 0 aliphatic rings. The topological polar surface area (TPSA) is 149 Å². The van der Waals surface area contributed by atoms with Crippen molar-refractivity contribution < 1.29 is 52.6 Å². The lowest BCUT2D eigenvalue weighted by atomic mass is 9.87. The number of aliphatic carboxylic acids is 1. The third-order valence-electron chi connectivity index (χ3n) is 6.51. The molecule has 4 rings (SSSR count). The average Bonchev–Trinajstić information content (AvgIpc) is 3.57. The van der Waals surface area contributed by atoms with E-state index in [4.69, 9.17) is 28.7 Å². The van der Waals surface area contributed by atoms with Crippen LogP contribution in [0, 0.1) is 11.2 Å². The summed E-state index contributed by atoms with van der Waals surface area (Å²) in [4.78, 5) is 55.4. The Morgan fingerprint density at radius 3 is 2.14 bits per heavy atom. The molecule has 43 heavy (non-hydrogen) atoms. The molecule has 0 radical (unpaired) electrons. The van der Waals surface area contributed by atoms with Crippen molar-refractivity contribution in [1.82, 2.24) is 0 Å². The number of Topliss-reactive ketones (excluding diaryl/α,β-unsaturated/α-hetero) is 2. The zero-order valence-corrected chi connectivity index (χ0v) is 26.3. The highest BCUT2D eigenvalue weighted by Crippen LogP contribution is 2.41. The van der Waals surface area contributed by atoms with Gasteiger partial charge in [-0.1, -0.05) is 0 Å². The smallest absolute Gasteiger partial charge is 0.309 e. The van der Waals surface area contributed by atoms with E-state index >= 15 is 4.39 Å². The lowest BCUT2D eigenvalue weighted by Gasteiger charge is -2.16. The number of benzene rings is 2. The monoisotopic (exact) mass is 652 g/mol. The maximum atomic E-state index is 15.5. The van der Waals surface area contributed by atoms with E-state index in [1.165, 1.54) is 45.5 Å². The summed E-state index contributed by atoms with van der Waals surface area (Å²) in [6.45, 7) is 3.19. The van der Waals surface area contributed by atoms with E-state index in [1.807, 2.05) is 0 Å². The van der Waals surface area contributed by atoms with E-state index in [1.54, 1.807) is 24.3 Å². The van der Waals surface area contributed by atoms with Gasteiger partial charge in [0.15, 0.2) is 48.8 Å². The maximum Gasteiger partial charge on any atom is 0.309 e. The van der Waals surface area contributed by atoms with E-state index in [-0.39, 0.29) is 53.3 Å². The predicted octanol–water partition coefficient (Wildman–Crippen LogP) is 6.28. The summed E-state index contributed by atoms with van der Waals surface area (Å²) in [5.74, 6) is -1.60. The Morgan fingerprint density at radius 1 is 0.860 bits per heavy atom. The number of halogens is 1. The van der Waals surface area contributed by atoms with E-state index in [2.05, 4.69) is 0 Å². The van der Waals surface area contributed by atoms with E-state index in [0.717, 1.165) is 21.4 Å². The molecule has 0 atom stereocenters. The number of carbonyl (C=O) groups is 3. The summed E-state index contributed by atoms with van der Waals surface area (Å²) in [7, 11) is 0.542. The van der Waals surface area contributed by atoms with Gasteiger partial charge in [0, 0.05) is 39.8 Å². The van der Waals surface area contributed by atoms with Crippen LogP contribution >= 0.6 is 31.0 Å². The Hall–Kier alpha value is -3.35. The van der Waals surface area contributed by atoms with Gasteiger partial charge in [-0.2, -0.15) is 0 Å². The zero-order valence-electron chi connectivity index (χ0n) is 23.8. The molecule has 0 fully saturated rings. The van der Waals surface area contributed by atoms with Gasteiger partial charge < -0.3 is 33.8 Å². The number of fused-ring (bicyclic) bond motifs is 2. The first kappa shape index (κ1) is 32.6. The highest BCUT2D eigenvalue weighted by Gasteiger charge is 2.31. The number of ketones is 2. The van der Waals surface area contributed by atoms with E-state index < -0.39 is 31.4 Å². The molecule has 14 heteroatoms. The molecule has 0 bridgehead atoms. The van der Waals surface area contributed by atoms with Gasteiger partial charge in [-0.15, -0.1) is 22.7 Å². The van der Waals surface area contributed by atoms with Crippen LogP contribution in [0.3, 0.4) is 0 Å². The molecule has 0 spiro atoms. The van der Waals surface area contributed by atoms with Crippen LogP contribution in [0.15, 0.2) is 30.3 Å². The molecule has 0 unspecified atom stereocenters. The molecule has 2 aromatic carbocycles. The standard InChI is InChI=1S/C29H30FO10PS2/c1-29(2,28(33)34)13-17(31)25-10-16-23(43-25)12-21(38-4)27(26(16)30)40-7-5-6-39-20-8-15-9-24(18(32)14-41(35)36)42-22(15)11-19(20)37-3/h8-12,35-36H,5-7,13-14H2,1-4H3,(H,33,34). The number of hydrogen-bond donors (Lipinski definition) is 3. The molecule has 0 aliphatic heterocycles. The summed E-state index contributed by atoms with van der Waals surface area (Å²) in [6, 6.07) is 8.12. The fraction of sp³-hybridized carbons (Fsp3) is 0.345. The van der Waals surface area contributed by atoms with Crippen molar-refractivity contribution in [2.45, 2.75) is 26.7 Å². The highest BCUT2D eigenvalue weighted by atomic mass is 32.1. The Morgan fingerprint density at radius 2 is 1.49 bits per heavy atom. The number of carboxylic acid groups (broad SMARTS) is 1. The van der Waals surface area contributed by atoms with Crippen molar-refractivity contribution in [3.63, 3.8) is 0 Å². The number of ether oxygens (including phenoxy) is 4. The molecule has 2 aromatic heterocycles.